The lowest BCUT2D eigenvalue weighted by Gasteiger charge is -2.32. The average molecular weight is 486 g/mol. The van der Waals surface area contributed by atoms with Crippen molar-refractivity contribution in [3.8, 4) is 0 Å². The minimum atomic E-state index is -0.596. The van der Waals surface area contributed by atoms with Crippen LogP contribution in [-0.4, -0.2) is 69.0 Å². The zero-order chi connectivity index (χ0) is 22.0. The van der Waals surface area contributed by atoms with Gasteiger partial charge in [0.15, 0.2) is 0 Å². The average Bonchev–Trinajstić information content (AvgIpc) is 3.02. The molecular formula is C24H41BrN2O3. The maximum atomic E-state index is 13.3. The predicted octanol–water partition coefficient (Wildman–Crippen LogP) is 4.97. The van der Waals surface area contributed by atoms with Crippen LogP contribution in [0.4, 0.5) is 0 Å². The minimum Gasteiger partial charge on any atom is -0.501 e. The minimum absolute atomic E-state index is 0.128. The first-order valence-corrected chi connectivity index (χ1v) is 12.6. The number of carbonyl (C=O) groups excluding carboxylic acids is 1. The topological polar surface area (TPSA) is 42.0 Å². The van der Waals surface area contributed by atoms with Crippen molar-refractivity contribution in [2.24, 2.45) is 11.3 Å². The number of hydrogen-bond acceptors (Lipinski definition) is 4. The quantitative estimate of drug-likeness (QED) is 0.257. The second kappa shape index (κ2) is 12.7. The molecule has 1 heterocycles. The lowest BCUT2D eigenvalue weighted by atomic mass is 9.77. The van der Waals surface area contributed by atoms with Crippen LogP contribution in [0, 0.1) is 11.3 Å². The van der Waals surface area contributed by atoms with Gasteiger partial charge in [0, 0.05) is 18.4 Å². The number of methoxy groups -OCH3 is 2. The maximum Gasteiger partial charge on any atom is 0.236 e. The van der Waals surface area contributed by atoms with Gasteiger partial charge in [0.2, 0.25) is 5.91 Å². The molecule has 5 nitrogen and oxygen atoms in total. The van der Waals surface area contributed by atoms with Gasteiger partial charge in [0.25, 0.3) is 0 Å². The van der Waals surface area contributed by atoms with Gasteiger partial charge in [0.1, 0.15) is 11.5 Å². The molecule has 1 aliphatic carbocycles. The molecule has 1 spiro atoms. The summed E-state index contributed by atoms with van der Waals surface area (Å²) < 4.78 is 11.6. The van der Waals surface area contributed by atoms with Crippen LogP contribution in [0.15, 0.2) is 23.7 Å². The number of halogens is 1. The van der Waals surface area contributed by atoms with Crippen LogP contribution in [0.3, 0.4) is 0 Å². The van der Waals surface area contributed by atoms with Gasteiger partial charge in [-0.1, -0.05) is 48.0 Å². The highest BCUT2D eigenvalue weighted by atomic mass is 79.9. The fraction of sp³-hybridized carbons (Fsp3) is 0.792. The van der Waals surface area contributed by atoms with Gasteiger partial charge in [-0.3, -0.25) is 4.79 Å². The number of amides is 1. The summed E-state index contributed by atoms with van der Waals surface area (Å²) in [7, 11) is 7.58. The van der Waals surface area contributed by atoms with Crippen LogP contribution >= 0.6 is 15.9 Å². The van der Waals surface area contributed by atoms with E-state index < -0.39 is 5.41 Å². The first-order valence-electron chi connectivity index (χ1n) is 11.5. The molecule has 1 saturated heterocycles. The monoisotopic (exact) mass is 484 g/mol. The van der Waals surface area contributed by atoms with Crippen molar-refractivity contribution in [3.05, 3.63) is 23.7 Å². The number of ether oxygens (including phenoxy) is 2. The molecule has 172 valence electrons. The number of carbonyl (C=O) groups is 1. The molecule has 1 amide bonds. The van der Waals surface area contributed by atoms with E-state index in [9.17, 15) is 4.79 Å². The Morgan fingerprint density at radius 1 is 1.03 bits per heavy atom. The predicted molar refractivity (Wildman–Crippen MR) is 127 cm³/mol. The van der Waals surface area contributed by atoms with Crippen molar-refractivity contribution < 1.29 is 14.3 Å². The number of likely N-dealkylation sites (tertiary alicyclic amines) is 1. The SMILES string of the molecule is COC1=CC2(C=C(OC)C1CCCCCCCCBr)CCN(CCCN(C)C)C2=O. The van der Waals surface area contributed by atoms with E-state index in [1.165, 1.54) is 32.1 Å². The molecule has 2 rings (SSSR count). The zero-order valence-electron chi connectivity index (χ0n) is 19.4. The zero-order valence-corrected chi connectivity index (χ0v) is 21.0. The van der Waals surface area contributed by atoms with Gasteiger partial charge in [-0.25, -0.2) is 0 Å². The highest BCUT2D eigenvalue weighted by Crippen LogP contribution is 2.45. The standard InChI is InChI=1S/C24H41BrN2O3/c1-26(2)15-11-16-27-17-13-24(23(27)28)18-21(29-3)20(22(19-24)30-4)12-9-7-5-6-8-10-14-25/h18-20H,5-17H2,1-4H3. The van der Waals surface area contributed by atoms with Crippen molar-refractivity contribution in [1.82, 2.24) is 9.80 Å². The van der Waals surface area contributed by atoms with Crippen LogP contribution in [0.25, 0.3) is 0 Å². The Morgan fingerprint density at radius 3 is 2.20 bits per heavy atom. The van der Waals surface area contributed by atoms with Crippen LogP contribution in [0.2, 0.25) is 0 Å². The molecule has 0 saturated carbocycles. The van der Waals surface area contributed by atoms with E-state index in [0.717, 1.165) is 62.2 Å². The summed E-state index contributed by atoms with van der Waals surface area (Å²) >= 11 is 3.50. The molecule has 0 N–H and O–H groups in total. The number of rotatable bonds is 14. The molecule has 6 heteroatoms. The number of unbranched alkanes of at least 4 members (excludes halogenated alkanes) is 5. The summed E-state index contributed by atoms with van der Waals surface area (Å²) in [5, 5.41) is 1.10. The van der Waals surface area contributed by atoms with Crippen molar-refractivity contribution in [2.45, 2.75) is 57.8 Å². The third-order valence-electron chi connectivity index (χ3n) is 6.35. The fourth-order valence-corrected chi connectivity index (χ4v) is 5.01. The van der Waals surface area contributed by atoms with E-state index in [-0.39, 0.29) is 11.8 Å². The Kier molecular flexibility index (Phi) is 10.7. The first kappa shape index (κ1) is 25.3. The van der Waals surface area contributed by atoms with E-state index >= 15 is 0 Å². The summed E-state index contributed by atoms with van der Waals surface area (Å²) in [5.41, 5.74) is -0.596. The first-order chi connectivity index (χ1) is 14.5. The molecular weight excluding hydrogens is 444 g/mol. The molecule has 2 aliphatic rings. The number of nitrogens with zero attached hydrogens (tertiary/aromatic N) is 2. The molecule has 0 aromatic carbocycles. The molecule has 0 aromatic rings. The van der Waals surface area contributed by atoms with Crippen LogP contribution in [0.5, 0.6) is 0 Å². The second-order valence-electron chi connectivity index (χ2n) is 8.89. The summed E-state index contributed by atoms with van der Waals surface area (Å²) in [6.45, 7) is 2.60. The Balaban J connectivity index is 1.98. The van der Waals surface area contributed by atoms with Gasteiger partial charge in [-0.2, -0.15) is 0 Å². The smallest absolute Gasteiger partial charge is 0.236 e. The normalized spacial score (nSPS) is 23.9. The highest BCUT2D eigenvalue weighted by Gasteiger charge is 2.47. The third kappa shape index (κ3) is 6.74. The van der Waals surface area contributed by atoms with Gasteiger partial charge in [-0.15, -0.1) is 0 Å². The van der Waals surface area contributed by atoms with Crippen molar-refractivity contribution >= 4 is 21.8 Å². The van der Waals surface area contributed by atoms with Gasteiger partial charge < -0.3 is 19.3 Å². The largest absolute Gasteiger partial charge is 0.501 e. The Labute approximate surface area is 192 Å². The maximum absolute atomic E-state index is 13.3. The number of alkyl halides is 1. The molecule has 0 radical (unpaired) electrons. The van der Waals surface area contributed by atoms with E-state index in [0.29, 0.717) is 0 Å². The Bertz CT molecular complexity index is 581. The molecule has 1 fully saturated rings. The number of hydrogen-bond donors (Lipinski definition) is 0. The summed E-state index contributed by atoms with van der Waals surface area (Å²) in [6.07, 6.45) is 14.5. The summed E-state index contributed by atoms with van der Waals surface area (Å²) in [5.74, 6) is 2.12. The van der Waals surface area contributed by atoms with Crippen LogP contribution < -0.4 is 0 Å². The van der Waals surface area contributed by atoms with Crippen LogP contribution in [0.1, 0.15) is 57.8 Å². The van der Waals surface area contributed by atoms with E-state index in [1.807, 2.05) is 4.90 Å². The Hall–Kier alpha value is -1.01. The fourth-order valence-electron chi connectivity index (χ4n) is 4.61. The molecule has 0 bridgehead atoms. The highest BCUT2D eigenvalue weighted by molar-refractivity contribution is 9.09. The van der Waals surface area contributed by atoms with Gasteiger partial charge >= 0.3 is 0 Å². The summed E-state index contributed by atoms with van der Waals surface area (Å²) in [4.78, 5) is 17.4. The molecule has 0 aromatic heterocycles. The van der Waals surface area contributed by atoms with Crippen molar-refractivity contribution in [3.63, 3.8) is 0 Å². The van der Waals surface area contributed by atoms with Gasteiger partial charge in [-0.05, 0) is 58.5 Å². The molecule has 0 atom stereocenters. The van der Waals surface area contributed by atoms with Crippen LogP contribution in [-0.2, 0) is 14.3 Å². The van der Waals surface area contributed by atoms with Gasteiger partial charge in [0.05, 0.1) is 25.6 Å². The van der Waals surface area contributed by atoms with Crippen molar-refractivity contribution in [2.75, 3.05) is 53.3 Å². The lowest BCUT2D eigenvalue weighted by Crippen LogP contribution is -2.36. The third-order valence-corrected chi connectivity index (χ3v) is 6.91. The Morgan fingerprint density at radius 2 is 1.63 bits per heavy atom. The molecule has 0 unspecified atom stereocenters. The second-order valence-corrected chi connectivity index (χ2v) is 9.69. The van der Waals surface area contributed by atoms with E-state index in [1.54, 1.807) is 14.2 Å². The summed E-state index contributed by atoms with van der Waals surface area (Å²) in [6, 6.07) is 0. The van der Waals surface area contributed by atoms with Crippen molar-refractivity contribution in [1.29, 1.82) is 0 Å². The lowest BCUT2D eigenvalue weighted by molar-refractivity contribution is -0.132. The van der Waals surface area contributed by atoms with E-state index in [2.05, 4.69) is 47.1 Å². The van der Waals surface area contributed by atoms with E-state index in [4.69, 9.17) is 9.47 Å². The molecule has 30 heavy (non-hydrogen) atoms. The molecule has 1 aliphatic heterocycles.